The van der Waals surface area contributed by atoms with Crippen LogP contribution in [0.15, 0.2) is 60.8 Å². The second-order valence-electron chi connectivity index (χ2n) is 6.84. The number of morpholine rings is 1. The summed E-state index contributed by atoms with van der Waals surface area (Å²) in [6.07, 6.45) is 3.08. The predicted molar refractivity (Wildman–Crippen MR) is 102 cm³/mol. The highest BCUT2D eigenvalue weighted by Gasteiger charge is 2.22. The summed E-state index contributed by atoms with van der Waals surface area (Å²) in [4.78, 5) is 7.01. The van der Waals surface area contributed by atoms with Crippen molar-refractivity contribution in [3.8, 4) is 0 Å². The van der Waals surface area contributed by atoms with E-state index in [1.54, 1.807) is 0 Å². The van der Waals surface area contributed by atoms with Crippen LogP contribution in [0.2, 0.25) is 0 Å². The Morgan fingerprint density at radius 1 is 1.08 bits per heavy atom. The quantitative estimate of drug-likeness (QED) is 0.722. The summed E-state index contributed by atoms with van der Waals surface area (Å²) < 4.78 is 6.07. The first kappa shape index (κ1) is 16.2. The average molecular weight is 332 g/mol. The number of pyridine rings is 1. The molecule has 1 saturated heterocycles. The number of fused-ring (bicyclic) bond motifs is 1. The first-order valence-corrected chi connectivity index (χ1v) is 9.01. The van der Waals surface area contributed by atoms with Gasteiger partial charge in [-0.15, -0.1) is 0 Å². The van der Waals surface area contributed by atoms with Gasteiger partial charge in [-0.3, -0.25) is 9.88 Å². The van der Waals surface area contributed by atoms with Crippen molar-refractivity contribution < 1.29 is 4.74 Å². The maximum absolute atomic E-state index is 6.07. The summed E-state index contributed by atoms with van der Waals surface area (Å²) in [5.74, 6) is 0. The molecule has 2 heterocycles. The summed E-state index contributed by atoms with van der Waals surface area (Å²) in [6.45, 7) is 5.76. The molecule has 3 aromatic rings. The zero-order valence-corrected chi connectivity index (χ0v) is 14.7. The van der Waals surface area contributed by atoms with E-state index in [0.717, 1.165) is 32.7 Å². The van der Waals surface area contributed by atoms with Crippen LogP contribution >= 0.6 is 0 Å². The zero-order chi connectivity index (χ0) is 17.1. The van der Waals surface area contributed by atoms with E-state index in [4.69, 9.17) is 4.74 Å². The third-order valence-corrected chi connectivity index (χ3v) is 5.04. The van der Waals surface area contributed by atoms with Crippen LogP contribution in [0.1, 0.15) is 16.8 Å². The second-order valence-corrected chi connectivity index (χ2v) is 6.84. The standard InChI is InChI=1S/C22H24N2O/c1-17-6-5-11-23-22(17)16-24-12-13-25-20(15-24)14-19-9-4-8-18-7-2-3-10-21(18)19/h2-11,20H,12-16H2,1H3/t20-/m0/s1. The maximum atomic E-state index is 6.07. The number of aryl methyl sites for hydroxylation is 1. The minimum absolute atomic E-state index is 0.239. The van der Waals surface area contributed by atoms with E-state index in [1.165, 1.54) is 27.6 Å². The summed E-state index contributed by atoms with van der Waals surface area (Å²) in [5.41, 5.74) is 3.81. The van der Waals surface area contributed by atoms with Gasteiger partial charge in [0.25, 0.3) is 0 Å². The highest BCUT2D eigenvalue weighted by molar-refractivity contribution is 5.85. The van der Waals surface area contributed by atoms with Crippen LogP contribution in [-0.4, -0.2) is 35.7 Å². The van der Waals surface area contributed by atoms with Gasteiger partial charge in [0.05, 0.1) is 18.4 Å². The Morgan fingerprint density at radius 3 is 2.88 bits per heavy atom. The zero-order valence-electron chi connectivity index (χ0n) is 14.7. The van der Waals surface area contributed by atoms with Gasteiger partial charge in [0.2, 0.25) is 0 Å². The summed E-state index contributed by atoms with van der Waals surface area (Å²) >= 11 is 0. The van der Waals surface area contributed by atoms with E-state index in [1.807, 2.05) is 12.3 Å². The molecule has 0 aliphatic carbocycles. The van der Waals surface area contributed by atoms with Crippen LogP contribution in [0, 0.1) is 6.92 Å². The highest BCUT2D eigenvalue weighted by atomic mass is 16.5. The molecule has 3 heteroatoms. The van der Waals surface area contributed by atoms with Crippen LogP contribution in [0.5, 0.6) is 0 Å². The molecular formula is C22H24N2O. The number of hydrogen-bond donors (Lipinski definition) is 0. The maximum Gasteiger partial charge on any atom is 0.0743 e. The lowest BCUT2D eigenvalue weighted by Gasteiger charge is -2.33. The molecule has 0 radical (unpaired) electrons. The van der Waals surface area contributed by atoms with E-state index in [2.05, 4.69) is 65.3 Å². The molecule has 1 atom stereocenters. The lowest BCUT2D eigenvalue weighted by Crippen LogP contribution is -2.43. The van der Waals surface area contributed by atoms with Crippen LogP contribution in [-0.2, 0) is 17.7 Å². The van der Waals surface area contributed by atoms with Crippen LogP contribution in [0.4, 0.5) is 0 Å². The Balaban J connectivity index is 1.47. The molecule has 2 aromatic carbocycles. The van der Waals surface area contributed by atoms with Crippen LogP contribution in [0.3, 0.4) is 0 Å². The Labute approximate surface area is 149 Å². The molecule has 128 valence electrons. The van der Waals surface area contributed by atoms with Crippen LogP contribution in [0.25, 0.3) is 10.8 Å². The molecule has 25 heavy (non-hydrogen) atoms. The minimum atomic E-state index is 0.239. The van der Waals surface area contributed by atoms with Crippen LogP contribution < -0.4 is 0 Å². The van der Waals surface area contributed by atoms with E-state index in [-0.39, 0.29) is 6.10 Å². The molecule has 1 aliphatic heterocycles. The second kappa shape index (κ2) is 7.34. The molecule has 0 spiro atoms. The lowest BCUT2D eigenvalue weighted by molar-refractivity contribution is -0.0307. The molecule has 1 aliphatic rings. The van der Waals surface area contributed by atoms with Crippen molar-refractivity contribution in [3.05, 3.63) is 77.6 Å². The number of nitrogens with zero attached hydrogens (tertiary/aromatic N) is 2. The van der Waals surface area contributed by atoms with Crippen molar-refractivity contribution in [1.82, 2.24) is 9.88 Å². The highest BCUT2D eigenvalue weighted by Crippen LogP contribution is 2.22. The fourth-order valence-corrected chi connectivity index (χ4v) is 3.66. The van der Waals surface area contributed by atoms with E-state index < -0.39 is 0 Å². The third-order valence-electron chi connectivity index (χ3n) is 5.04. The van der Waals surface area contributed by atoms with E-state index in [0.29, 0.717) is 0 Å². The topological polar surface area (TPSA) is 25.4 Å². The molecule has 0 bridgehead atoms. The Hall–Kier alpha value is -2.23. The fourth-order valence-electron chi connectivity index (χ4n) is 3.66. The summed E-state index contributed by atoms with van der Waals surface area (Å²) in [5, 5.41) is 2.64. The monoisotopic (exact) mass is 332 g/mol. The Morgan fingerprint density at radius 2 is 1.96 bits per heavy atom. The van der Waals surface area contributed by atoms with Gasteiger partial charge < -0.3 is 4.74 Å². The number of ether oxygens (including phenoxy) is 1. The van der Waals surface area contributed by atoms with Crippen molar-refractivity contribution in [3.63, 3.8) is 0 Å². The fraction of sp³-hybridized carbons (Fsp3) is 0.318. The largest absolute Gasteiger partial charge is 0.375 e. The lowest BCUT2D eigenvalue weighted by atomic mass is 9.99. The molecule has 0 N–H and O–H groups in total. The van der Waals surface area contributed by atoms with Crippen molar-refractivity contribution in [2.24, 2.45) is 0 Å². The number of rotatable bonds is 4. The van der Waals surface area contributed by atoms with Gasteiger partial charge in [-0.1, -0.05) is 48.5 Å². The van der Waals surface area contributed by atoms with E-state index in [9.17, 15) is 0 Å². The van der Waals surface area contributed by atoms with Gasteiger partial charge in [0.15, 0.2) is 0 Å². The van der Waals surface area contributed by atoms with Crippen molar-refractivity contribution >= 4 is 10.8 Å². The van der Waals surface area contributed by atoms with Crippen molar-refractivity contribution in [2.45, 2.75) is 26.0 Å². The predicted octanol–water partition coefficient (Wildman–Crippen LogP) is 3.99. The summed E-state index contributed by atoms with van der Waals surface area (Å²) in [6, 6.07) is 19.3. The van der Waals surface area contributed by atoms with Gasteiger partial charge in [-0.25, -0.2) is 0 Å². The average Bonchev–Trinajstić information content (AvgIpc) is 2.64. The molecule has 0 unspecified atom stereocenters. The van der Waals surface area contributed by atoms with Crippen molar-refractivity contribution in [1.29, 1.82) is 0 Å². The molecular weight excluding hydrogens is 308 g/mol. The Bertz CT molecular complexity index is 856. The van der Waals surface area contributed by atoms with Gasteiger partial charge in [-0.2, -0.15) is 0 Å². The summed E-state index contributed by atoms with van der Waals surface area (Å²) in [7, 11) is 0. The van der Waals surface area contributed by atoms with Gasteiger partial charge in [-0.05, 0) is 34.9 Å². The smallest absolute Gasteiger partial charge is 0.0743 e. The molecule has 4 rings (SSSR count). The van der Waals surface area contributed by atoms with Gasteiger partial charge in [0, 0.05) is 32.3 Å². The Kier molecular flexibility index (Phi) is 4.77. The number of benzene rings is 2. The minimum Gasteiger partial charge on any atom is -0.375 e. The van der Waals surface area contributed by atoms with Gasteiger partial charge >= 0.3 is 0 Å². The third kappa shape index (κ3) is 3.73. The molecule has 1 aromatic heterocycles. The SMILES string of the molecule is Cc1cccnc1CN1CCO[C@@H](Cc2cccc3ccccc23)C1. The molecule has 1 fully saturated rings. The first-order valence-electron chi connectivity index (χ1n) is 9.01. The van der Waals surface area contributed by atoms with Gasteiger partial charge in [0.1, 0.15) is 0 Å². The molecule has 0 saturated carbocycles. The van der Waals surface area contributed by atoms with E-state index >= 15 is 0 Å². The molecule has 0 amide bonds. The van der Waals surface area contributed by atoms with Crippen molar-refractivity contribution in [2.75, 3.05) is 19.7 Å². The first-order chi connectivity index (χ1) is 12.3. The number of aromatic nitrogens is 1. The molecule has 3 nitrogen and oxygen atoms in total. The normalized spacial score (nSPS) is 18.5. The number of hydrogen-bond acceptors (Lipinski definition) is 3.